The van der Waals surface area contributed by atoms with Gasteiger partial charge in [-0.3, -0.25) is 4.79 Å². The van der Waals surface area contributed by atoms with E-state index in [2.05, 4.69) is 43.3 Å². The zero-order chi connectivity index (χ0) is 18.9. The van der Waals surface area contributed by atoms with Crippen molar-refractivity contribution in [3.63, 3.8) is 0 Å². The Kier molecular flexibility index (Phi) is 7.95. The minimum atomic E-state index is 0.153. The number of nitrogens with zero attached hydrogens (tertiary/aromatic N) is 2. The molecule has 1 aromatic rings. The molecule has 1 heterocycles. The Balaban J connectivity index is 1.97. The fraction of sp³-hybridized carbons (Fsp3) is 0.619. The number of hydrogen-bond donors (Lipinski definition) is 2. The maximum Gasteiger partial charge on any atom is 0.253 e. The van der Waals surface area contributed by atoms with Gasteiger partial charge in [0.05, 0.1) is 6.54 Å². The number of amides is 1. The number of benzene rings is 1. The number of guanidine groups is 1. The van der Waals surface area contributed by atoms with Gasteiger partial charge >= 0.3 is 0 Å². The van der Waals surface area contributed by atoms with E-state index < -0.39 is 0 Å². The monoisotopic (exact) mass is 358 g/mol. The van der Waals surface area contributed by atoms with Crippen molar-refractivity contribution in [2.24, 2.45) is 10.9 Å². The lowest BCUT2D eigenvalue weighted by molar-refractivity contribution is 0.0724. The minimum Gasteiger partial charge on any atom is -0.357 e. The van der Waals surface area contributed by atoms with Gasteiger partial charge in [-0.15, -0.1) is 0 Å². The van der Waals surface area contributed by atoms with Crippen molar-refractivity contribution >= 4 is 11.9 Å². The van der Waals surface area contributed by atoms with Crippen molar-refractivity contribution in [3.8, 4) is 0 Å². The van der Waals surface area contributed by atoms with Gasteiger partial charge in [0.2, 0.25) is 0 Å². The molecular formula is C21H34N4O. The molecule has 1 aromatic carbocycles. The lowest BCUT2D eigenvalue weighted by Crippen LogP contribution is -2.44. The first-order valence-electron chi connectivity index (χ1n) is 9.94. The van der Waals surface area contributed by atoms with Gasteiger partial charge in [0.15, 0.2) is 5.96 Å². The standard InChI is InChI=1S/C21H34N4O/c1-5-22-21(24-17(4)16(2)3)23-15-18-9-11-19(12-10-18)20(26)25-13-7-6-8-14-25/h9-12,16-17H,5-8,13-15H2,1-4H3,(H2,22,23,24). The highest BCUT2D eigenvalue weighted by Crippen LogP contribution is 2.14. The summed E-state index contributed by atoms with van der Waals surface area (Å²) in [6.07, 6.45) is 3.47. The summed E-state index contributed by atoms with van der Waals surface area (Å²) in [5.41, 5.74) is 1.88. The molecule has 0 aliphatic carbocycles. The van der Waals surface area contributed by atoms with Crippen LogP contribution in [0.4, 0.5) is 0 Å². The molecule has 1 unspecified atom stereocenters. The lowest BCUT2D eigenvalue weighted by Gasteiger charge is -2.26. The van der Waals surface area contributed by atoms with Gasteiger partial charge in [-0.25, -0.2) is 4.99 Å². The van der Waals surface area contributed by atoms with Gasteiger partial charge in [-0.05, 0) is 56.7 Å². The summed E-state index contributed by atoms with van der Waals surface area (Å²) in [6, 6.07) is 8.24. The highest BCUT2D eigenvalue weighted by atomic mass is 16.2. The fourth-order valence-electron chi connectivity index (χ4n) is 2.90. The summed E-state index contributed by atoms with van der Waals surface area (Å²) in [7, 11) is 0. The Hall–Kier alpha value is -2.04. The molecule has 0 aromatic heterocycles. The van der Waals surface area contributed by atoms with Gasteiger partial charge in [-0.1, -0.05) is 26.0 Å². The van der Waals surface area contributed by atoms with E-state index in [1.54, 1.807) is 0 Å². The van der Waals surface area contributed by atoms with Crippen LogP contribution in [-0.2, 0) is 6.54 Å². The SMILES string of the molecule is CCNC(=NCc1ccc(C(=O)N2CCCCC2)cc1)NC(C)C(C)C. The van der Waals surface area contributed by atoms with Crippen LogP contribution < -0.4 is 10.6 Å². The van der Waals surface area contributed by atoms with E-state index in [-0.39, 0.29) is 5.91 Å². The molecule has 1 saturated heterocycles. The third-order valence-corrected chi connectivity index (χ3v) is 4.97. The summed E-state index contributed by atoms with van der Waals surface area (Å²) < 4.78 is 0. The first kappa shape index (κ1) is 20.3. The van der Waals surface area contributed by atoms with Crippen LogP contribution in [0.5, 0.6) is 0 Å². The Labute approximate surface area is 158 Å². The van der Waals surface area contributed by atoms with E-state index in [4.69, 9.17) is 0 Å². The second-order valence-electron chi connectivity index (χ2n) is 7.42. The van der Waals surface area contributed by atoms with Gasteiger partial charge in [0.25, 0.3) is 5.91 Å². The van der Waals surface area contributed by atoms with Crippen LogP contribution >= 0.6 is 0 Å². The summed E-state index contributed by atoms with van der Waals surface area (Å²) in [5, 5.41) is 6.73. The second-order valence-corrected chi connectivity index (χ2v) is 7.42. The maximum absolute atomic E-state index is 12.5. The zero-order valence-corrected chi connectivity index (χ0v) is 16.7. The topological polar surface area (TPSA) is 56.7 Å². The summed E-state index contributed by atoms with van der Waals surface area (Å²) in [6.45, 7) is 11.8. The zero-order valence-electron chi connectivity index (χ0n) is 16.7. The number of carbonyl (C=O) groups is 1. The molecule has 0 radical (unpaired) electrons. The Morgan fingerprint density at radius 1 is 1.12 bits per heavy atom. The number of rotatable bonds is 6. The minimum absolute atomic E-state index is 0.153. The molecule has 1 amide bonds. The first-order chi connectivity index (χ1) is 12.5. The van der Waals surface area contributed by atoms with E-state index in [0.717, 1.165) is 49.6 Å². The number of aliphatic imine (C=N–C) groups is 1. The van der Waals surface area contributed by atoms with Crippen molar-refractivity contribution in [1.82, 2.24) is 15.5 Å². The molecule has 2 rings (SSSR count). The number of piperidine rings is 1. The Morgan fingerprint density at radius 3 is 2.35 bits per heavy atom. The molecule has 0 saturated carbocycles. The highest BCUT2D eigenvalue weighted by molar-refractivity contribution is 5.94. The van der Waals surface area contributed by atoms with Crippen LogP contribution in [0.3, 0.4) is 0 Å². The largest absolute Gasteiger partial charge is 0.357 e. The second kappa shape index (κ2) is 10.2. The van der Waals surface area contributed by atoms with Gasteiger partial charge < -0.3 is 15.5 Å². The summed E-state index contributed by atoms with van der Waals surface area (Å²) >= 11 is 0. The molecule has 5 nitrogen and oxygen atoms in total. The van der Waals surface area contributed by atoms with E-state index in [1.807, 2.05) is 29.2 Å². The lowest BCUT2D eigenvalue weighted by atomic mass is 10.1. The van der Waals surface area contributed by atoms with Crippen molar-refractivity contribution in [2.45, 2.75) is 59.5 Å². The molecule has 26 heavy (non-hydrogen) atoms. The molecule has 1 aliphatic heterocycles. The van der Waals surface area contributed by atoms with E-state index in [9.17, 15) is 4.79 Å². The van der Waals surface area contributed by atoms with Crippen LogP contribution in [0.2, 0.25) is 0 Å². The van der Waals surface area contributed by atoms with E-state index >= 15 is 0 Å². The third-order valence-electron chi connectivity index (χ3n) is 4.97. The summed E-state index contributed by atoms with van der Waals surface area (Å²) in [4.78, 5) is 19.2. The normalized spacial score (nSPS) is 16.5. The predicted octanol–water partition coefficient (Wildman–Crippen LogP) is 3.41. The van der Waals surface area contributed by atoms with Crippen molar-refractivity contribution in [2.75, 3.05) is 19.6 Å². The van der Waals surface area contributed by atoms with Crippen molar-refractivity contribution in [1.29, 1.82) is 0 Å². The number of carbonyl (C=O) groups excluding carboxylic acids is 1. The summed E-state index contributed by atoms with van der Waals surface area (Å²) in [5.74, 6) is 1.53. The number of hydrogen-bond acceptors (Lipinski definition) is 2. The van der Waals surface area contributed by atoms with E-state index in [0.29, 0.717) is 18.5 Å². The van der Waals surface area contributed by atoms with Crippen LogP contribution in [0, 0.1) is 5.92 Å². The molecule has 2 N–H and O–H groups in total. The van der Waals surface area contributed by atoms with Crippen LogP contribution in [-0.4, -0.2) is 42.4 Å². The fourth-order valence-corrected chi connectivity index (χ4v) is 2.90. The van der Waals surface area contributed by atoms with Gasteiger partial charge in [0.1, 0.15) is 0 Å². The Bertz CT molecular complexity index is 589. The van der Waals surface area contributed by atoms with Gasteiger partial charge in [-0.2, -0.15) is 0 Å². The van der Waals surface area contributed by atoms with Crippen LogP contribution in [0.15, 0.2) is 29.3 Å². The highest BCUT2D eigenvalue weighted by Gasteiger charge is 2.17. The van der Waals surface area contributed by atoms with Crippen LogP contribution in [0.25, 0.3) is 0 Å². The smallest absolute Gasteiger partial charge is 0.253 e. The maximum atomic E-state index is 12.5. The van der Waals surface area contributed by atoms with Crippen LogP contribution in [0.1, 0.15) is 62.9 Å². The number of likely N-dealkylation sites (tertiary alicyclic amines) is 1. The third kappa shape index (κ3) is 6.04. The molecular weight excluding hydrogens is 324 g/mol. The quantitative estimate of drug-likeness (QED) is 0.605. The first-order valence-corrected chi connectivity index (χ1v) is 9.94. The van der Waals surface area contributed by atoms with Gasteiger partial charge in [0, 0.05) is 31.2 Å². The molecule has 1 atom stereocenters. The average Bonchev–Trinajstić information content (AvgIpc) is 2.66. The molecule has 0 bridgehead atoms. The predicted molar refractivity (Wildman–Crippen MR) is 108 cm³/mol. The molecule has 0 spiro atoms. The number of nitrogens with one attached hydrogen (secondary N) is 2. The molecule has 144 valence electrons. The Morgan fingerprint density at radius 2 is 1.77 bits per heavy atom. The van der Waals surface area contributed by atoms with E-state index in [1.165, 1.54) is 6.42 Å². The average molecular weight is 359 g/mol. The molecule has 1 fully saturated rings. The van der Waals surface area contributed by atoms with Crippen molar-refractivity contribution in [3.05, 3.63) is 35.4 Å². The molecule has 1 aliphatic rings. The molecule has 5 heteroatoms. The van der Waals surface area contributed by atoms with Crippen molar-refractivity contribution < 1.29 is 4.79 Å².